The van der Waals surface area contributed by atoms with Crippen molar-refractivity contribution in [2.75, 3.05) is 12.3 Å². The number of aryl methyl sites for hydroxylation is 3. The van der Waals surface area contributed by atoms with E-state index in [1.54, 1.807) is 11.8 Å². The largest absolute Gasteiger partial charge is 0.354 e. The summed E-state index contributed by atoms with van der Waals surface area (Å²) in [6.45, 7) is 7.22. The SMILES string of the molecule is Cc1cc(C)n(CCNC(=O)CSCc2nsnc2C)n1. The lowest BCUT2D eigenvalue weighted by Gasteiger charge is -2.06. The average molecular weight is 325 g/mol. The number of amides is 1. The molecule has 1 amide bonds. The van der Waals surface area contributed by atoms with Gasteiger partial charge in [0.15, 0.2) is 0 Å². The zero-order valence-electron chi connectivity index (χ0n) is 12.4. The van der Waals surface area contributed by atoms with Gasteiger partial charge < -0.3 is 5.32 Å². The Hall–Kier alpha value is -1.41. The van der Waals surface area contributed by atoms with E-state index in [0.29, 0.717) is 18.8 Å². The van der Waals surface area contributed by atoms with E-state index in [-0.39, 0.29) is 5.91 Å². The highest BCUT2D eigenvalue weighted by Crippen LogP contribution is 2.13. The summed E-state index contributed by atoms with van der Waals surface area (Å²) in [5, 5.41) is 7.27. The first kappa shape index (κ1) is 16.0. The summed E-state index contributed by atoms with van der Waals surface area (Å²) in [6, 6.07) is 2.03. The van der Waals surface area contributed by atoms with Crippen LogP contribution in [0.1, 0.15) is 22.8 Å². The zero-order valence-corrected chi connectivity index (χ0v) is 14.1. The van der Waals surface area contributed by atoms with E-state index >= 15 is 0 Å². The van der Waals surface area contributed by atoms with Crippen LogP contribution in [0.2, 0.25) is 0 Å². The summed E-state index contributed by atoms with van der Waals surface area (Å²) in [5.41, 5.74) is 4.04. The molecule has 2 aromatic rings. The van der Waals surface area contributed by atoms with Crippen LogP contribution >= 0.6 is 23.5 Å². The van der Waals surface area contributed by atoms with E-state index in [4.69, 9.17) is 0 Å². The molecule has 21 heavy (non-hydrogen) atoms. The Bertz CT molecular complexity index is 607. The first-order valence-corrected chi connectivity index (χ1v) is 8.58. The molecule has 0 atom stereocenters. The van der Waals surface area contributed by atoms with Gasteiger partial charge >= 0.3 is 0 Å². The van der Waals surface area contributed by atoms with E-state index in [9.17, 15) is 4.79 Å². The minimum atomic E-state index is 0.0439. The molecule has 0 aliphatic rings. The smallest absolute Gasteiger partial charge is 0.230 e. The summed E-state index contributed by atoms with van der Waals surface area (Å²) in [4.78, 5) is 11.7. The number of hydrogen-bond acceptors (Lipinski definition) is 6. The molecule has 0 bridgehead atoms. The number of carbonyl (C=O) groups is 1. The second kappa shape index (κ2) is 7.56. The predicted octanol–water partition coefficient (Wildman–Crippen LogP) is 1.71. The Morgan fingerprint density at radius 1 is 1.38 bits per heavy atom. The molecule has 0 saturated carbocycles. The molecule has 2 rings (SSSR count). The fourth-order valence-electron chi connectivity index (χ4n) is 1.87. The van der Waals surface area contributed by atoms with E-state index in [0.717, 1.165) is 28.5 Å². The quantitative estimate of drug-likeness (QED) is 0.839. The van der Waals surface area contributed by atoms with Crippen LogP contribution in [-0.4, -0.2) is 36.7 Å². The van der Waals surface area contributed by atoms with Crippen molar-refractivity contribution in [3.8, 4) is 0 Å². The monoisotopic (exact) mass is 325 g/mol. The molecular weight excluding hydrogens is 306 g/mol. The Kier molecular flexibility index (Phi) is 5.75. The van der Waals surface area contributed by atoms with E-state index in [2.05, 4.69) is 19.2 Å². The predicted molar refractivity (Wildman–Crippen MR) is 85.5 cm³/mol. The summed E-state index contributed by atoms with van der Waals surface area (Å²) in [6.07, 6.45) is 0. The molecule has 0 unspecified atom stereocenters. The molecule has 0 aromatic carbocycles. The number of nitrogens with one attached hydrogen (secondary N) is 1. The van der Waals surface area contributed by atoms with Crippen LogP contribution < -0.4 is 5.32 Å². The van der Waals surface area contributed by atoms with Crippen molar-refractivity contribution in [1.82, 2.24) is 23.8 Å². The van der Waals surface area contributed by atoms with Crippen molar-refractivity contribution in [3.63, 3.8) is 0 Å². The maximum absolute atomic E-state index is 11.7. The Morgan fingerprint density at radius 3 is 2.81 bits per heavy atom. The molecular formula is C13H19N5OS2. The molecule has 0 aliphatic heterocycles. The van der Waals surface area contributed by atoms with E-state index in [1.807, 2.05) is 31.5 Å². The van der Waals surface area contributed by atoms with Gasteiger partial charge in [0.25, 0.3) is 0 Å². The summed E-state index contributed by atoms with van der Waals surface area (Å²) in [5.74, 6) is 1.21. The number of carbonyl (C=O) groups excluding carboxylic acids is 1. The maximum atomic E-state index is 11.7. The van der Waals surface area contributed by atoms with E-state index in [1.165, 1.54) is 11.7 Å². The molecule has 8 heteroatoms. The number of thioether (sulfide) groups is 1. The van der Waals surface area contributed by atoms with Gasteiger partial charge in [-0.15, -0.1) is 11.8 Å². The Morgan fingerprint density at radius 2 is 2.19 bits per heavy atom. The molecule has 6 nitrogen and oxygen atoms in total. The minimum absolute atomic E-state index is 0.0439. The lowest BCUT2D eigenvalue weighted by molar-refractivity contribution is -0.118. The lowest BCUT2D eigenvalue weighted by atomic mass is 10.4. The second-order valence-electron chi connectivity index (χ2n) is 4.79. The van der Waals surface area contributed by atoms with Crippen LogP contribution in [0.3, 0.4) is 0 Å². The number of nitrogens with zero attached hydrogens (tertiary/aromatic N) is 4. The highest BCUT2D eigenvalue weighted by atomic mass is 32.2. The molecule has 114 valence electrons. The van der Waals surface area contributed by atoms with Crippen LogP contribution in [0.5, 0.6) is 0 Å². The van der Waals surface area contributed by atoms with Crippen molar-refractivity contribution in [2.45, 2.75) is 33.1 Å². The van der Waals surface area contributed by atoms with Crippen molar-refractivity contribution < 1.29 is 4.79 Å². The van der Waals surface area contributed by atoms with Gasteiger partial charge in [0, 0.05) is 18.0 Å². The number of hydrogen-bond donors (Lipinski definition) is 1. The van der Waals surface area contributed by atoms with Crippen LogP contribution in [0.4, 0.5) is 0 Å². The molecule has 0 radical (unpaired) electrons. The summed E-state index contributed by atoms with van der Waals surface area (Å²) >= 11 is 2.77. The van der Waals surface area contributed by atoms with Gasteiger partial charge in [0.1, 0.15) is 0 Å². The second-order valence-corrected chi connectivity index (χ2v) is 6.30. The Labute approximate surface area is 132 Å². The van der Waals surface area contributed by atoms with Gasteiger partial charge in [-0.05, 0) is 26.8 Å². The van der Waals surface area contributed by atoms with Crippen molar-refractivity contribution in [2.24, 2.45) is 0 Å². The summed E-state index contributed by atoms with van der Waals surface area (Å²) < 4.78 is 10.2. The molecule has 2 heterocycles. The van der Waals surface area contributed by atoms with Gasteiger partial charge in [0.05, 0.1) is 41.1 Å². The fraction of sp³-hybridized carbons (Fsp3) is 0.538. The van der Waals surface area contributed by atoms with Crippen LogP contribution in [0.25, 0.3) is 0 Å². The lowest BCUT2D eigenvalue weighted by Crippen LogP contribution is -2.29. The third-order valence-electron chi connectivity index (χ3n) is 2.97. The van der Waals surface area contributed by atoms with Crippen molar-refractivity contribution in [3.05, 3.63) is 28.8 Å². The average Bonchev–Trinajstić information content (AvgIpc) is 2.96. The standard InChI is InChI=1S/C13H19N5OS2/c1-9-6-10(2)18(15-9)5-4-14-13(19)8-20-7-12-11(3)16-21-17-12/h6H,4-5,7-8H2,1-3H3,(H,14,19). The van der Waals surface area contributed by atoms with Crippen LogP contribution in [0, 0.1) is 20.8 Å². The number of aromatic nitrogens is 4. The highest BCUT2D eigenvalue weighted by Gasteiger charge is 2.06. The maximum Gasteiger partial charge on any atom is 0.230 e. The molecule has 0 aliphatic carbocycles. The highest BCUT2D eigenvalue weighted by molar-refractivity contribution is 7.99. The molecule has 2 aromatic heterocycles. The molecule has 0 spiro atoms. The van der Waals surface area contributed by atoms with Gasteiger partial charge in [-0.2, -0.15) is 13.8 Å². The molecule has 0 saturated heterocycles. The molecule has 0 fully saturated rings. The van der Waals surface area contributed by atoms with Gasteiger partial charge in [-0.1, -0.05) is 0 Å². The number of rotatable bonds is 7. The third kappa shape index (κ3) is 4.82. The van der Waals surface area contributed by atoms with Gasteiger partial charge in [-0.25, -0.2) is 0 Å². The Balaban J connectivity index is 1.64. The minimum Gasteiger partial charge on any atom is -0.354 e. The van der Waals surface area contributed by atoms with Crippen LogP contribution in [-0.2, 0) is 17.1 Å². The van der Waals surface area contributed by atoms with Gasteiger partial charge in [0.2, 0.25) is 5.91 Å². The first-order valence-electron chi connectivity index (χ1n) is 6.70. The first-order chi connectivity index (χ1) is 10.1. The zero-order chi connectivity index (χ0) is 15.2. The summed E-state index contributed by atoms with van der Waals surface area (Å²) in [7, 11) is 0. The van der Waals surface area contributed by atoms with E-state index < -0.39 is 0 Å². The van der Waals surface area contributed by atoms with Gasteiger partial charge in [-0.3, -0.25) is 9.48 Å². The van der Waals surface area contributed by atoms with Crippen molar-refractivity contribution >= 4 is 29.4 Å². The fourth-order valence-corrected chi connectivity index (χ4v) is 3.38. The third-order valence-corrected chi connectivity index (χ3v) is 4.57. The van der Waals surface area contributed by atoms with Crippen LogP contribution in [0.15, 0.2) is 6.07 Å². The van der Waals surface area contributed by atoms with Crippen molar-refractivity contribution in [1.29, 1.82) is 0 Å². The molecule has 1 N–H and O–H groups in total. The normalized spacial score (nSPS) is 10.8. The topological polar surface area (TPSA) is 72.7 Å².